The molecule has 3 nitrogen and oxygen atoms in total. The number of nitrogens with zero attached hydrogens (tertiary/aromatic N) is 1. The predicted octanol–water partition coefficient (Wildman–Crippen LogP) is 2.34. The Morgan fingerprint density at radius 1 is 1.21 bits per heavy atom. The van der Waals surface area contributed by atoms with Gasteiger partial charge < -0.3 is 15.7 Å². The molecule has 0 aliphatic carbocycles. The lowest BCUT2D eigenvalue weighted by Gasteiger charge is -2.37. The number of hydrogen-bond donors (Lipinski definition) is 2. The van der Waals surface area contributed by atoms with Crippen molar-refractivity contribution in [1.82, 2.24) is 4.90 Å². The van der Waals surface area contributed by atoms with Crippen molar-refractivity contribution < 1.29 is 5.11 Å². The summed E-state index contributed by atoms with van der Waals surface area (Å²) in [5.74, 6) is 0. The van der Waals surface area contributed by atoms with Crippen LogP contribution in [-0.2, 0) is 5.60 Å². The largest absolute Gasteiger partial charge is 0.384 e. The van der Waals surface area contributed by atoms with Crippen molar-refractivity contribution in [2.75, 3.05) is 20.1 Å². The van der Waals surface area contributed by atoms with E-state index in [4.69, 9.17) is 5.73 Å². The first-order chi connectivity index (χ1) is 8.85. The average molecular weight is 264 g/mol. The summed E-state index contributed by atoms with van der Waals surface area (Å²) in [6.07, 6.45) is 1.73. The van der Waals surface area contributed by atoms with Crippen LogP contribution in [0.3, 0.4) is 0 Å². The van der Waals surface area contributed by atoms with E-state index in [0.29, 0.717) is 6.42 Å². The van der Waals surface area contributed by atoms with E-state index >= 15 is 0 Å². The third-order valence-corrected chi connectivity index (χ3v) is 4.41. The minimum Gasteiger partial charge on any atom is -0.384 e. The van der Waals surface area contributed by atoms with E-state index in [9.17, 15) is 5.11 Å². The molecule has 0 radical (unpaired) electrons. The number of hydrogen-bond acceptors (Lipinski definition) is 3. The van der Waals surface area contributed by atoms with Gasteiger partial charge in [0, 0.05) is 18.6 Å². The van der Waals surface area contributed by atoms with E-state index in [1.54, 1.807) is 0 Å². The first-order valence-corrected chi connectivity index (χ1v) is 7.05. The molecule has 0 bridgehead atoms. The SMILES string of the molecule is CCC(C)(C)N(C)CCC(O)(CN)c1ccccc1. The standard InChI is InChI=1S/C16H28N2O/c1-5-15(2,3)18(4)12-11-16(19,13-17)14-9-7-6-8-10-14/h6-10,19H,5,11-13,17H2,1-4H3. The second-order valence-electron chi connectivity index (χ2n) is 5.94. The molecule has 1 atom stereocenters. The molecule has 3 heteroatoms. The van der Waals surface area contributed by atoms with Gasteiger partial charge in [0.25, 0.3) is 0 Å². The van der Waals surface area contributed by atoms with Crippen LogP contribution in [0.1, 0.15) is 39.2 Å². The molecule has 0 fully saturated rings. The number of nitrogens with two attached hydrogens (primary N) is 1. The molecule has 0 amide bonds. The summed E-state index contributed by atoms with van der Waals surface area (Å²) in [5, 5.41) is 10.7. The van der Waals surface area contributed by atoms with Crippen LogP contribution < -0.4 is 5.73 Å². The minimum atomic E-state index is -0.931. The fraction of sp³-hybridized carbons (Fsp3) is 0.625. The molecular weight excluding hydrogens is 236 g/mol. The monoisotopic (exact) mass is 264 g/mol. The summed E-state index contributed by atoms with van der Waals surface area (Å²) in [6.45, 7) is 7.69. The van der Waals surface area contributed by atoms with Crippen molar-refractivity contribution in [3.63, 3.8) is 0 Å². The van der Waals surface area contributed by atoms with Crippen molar-refractivity contribution >= 4 is 0 Å². The van der Waals surface area contributed by atoms with Crippen molar-refractivity contribution in [2.45, 2.75) is 44.8 Å². The van der Waals surface area contributed by atoms with Gasteiger partial charge in [-0.25, -0.2) is 0 Å². The molecule has 108 valence electrons. The zero-order chi connectivity index (χ0) is 14.5. The van der Waals surface area contributed by atoms with Crippen molar-refractivity contribution in [1.29, 1.82) is 0 Å². The second-order valence-corrected chi connectivity index (χ2v) is 5.94. The Bertz CT molecular complexity index is 378. The lowest BCUT2D eigenvalue weighted by Crippen LogP contribution is -2.45. The number of aliphatic hydroxyl groups is 1. The molecule has 0 aliphatic heterocycles. The lowest BCUT2D eigenvalue weighted by atomic mass is 9.89. The van der Waals surface area contributed by atoms with Crippen LogP contribution in [0.5, 0.6) is 0 Å². The maximum absolute atomic E-state index is 10.7. The Morgan fingerprint density at radius 3 is 2.26 bits per heavy atom. The molecule has 19 heavy (non-hydrogen) atoms. The molecule has 1 aromatic rings. The van der Waals surface area contributed by atoms with Crippen LogP contribution in [0.15, 0.2) is 30.3 Å². The summed E-state index contributed by atoms with van der Waals surface area (Å²) < 4.78 is 0. The molecule has 1 rings (SSSR count). The van der Waals surface area contributed by atoms with E-state index in [2.05, 4.69) is 32.7 Å². The number of rotatable bonds is 7. The smallest absolute Gasteiger partial charge is 0.103 e. The van der Waals surface area contributed by atoms with Crippen LogP contribution in [0.4, 0.5) is 0 Å². The number of benzene rings is 1. The van der Waals surface area contributed by atoms with Crippen LogP contribution in [-0.4, -0.2) is 35.7 Å². The van der Waals surface area contributed by atoms with E-state index in [1.165, 1.54) is 0 Å². The van der Waals surface area contributed by atoms with Gasteiger partial charge in [0.15, 0.2) is 0 Å². The fourth-order valence-electron chi connectivity index (χ4n) is 2.04. The molecule has 0 saturated carbocycles. The van der Waals surface area contributed by atoms with Gasteiger partial charge in [0.2, 0.25) is 0 Å². The highest BCUT2D eigenvalue weighted by Gasteiger charge is 2.29. The average Bonchev–Trinajstić information content (AvgIpc) is 2.45. The van der Waals surface area contributed by atoms with Gasteiger partial charge >= 0.3 is 0 Å². The topological polar surface area (TPSA) is 49.5 Å². The highest BCUT2D eigenvalue weighted by atomic mass is 16.3. The van der Waals surface area contributed by atoms with E-state index in [1.807, 2.05) is 30.3 Å². The molecule has 0 heterocycles. The minimum absolute atomic E-state index is 0.145. The highest BCUT2D eigenvalue weighted by molar-refractivity contribution is 5.22. The molecule has 0 aromatic heterocycles. The van der Waals surface area contributed by atoms with Crippen LogP contribution in [0.25, 0.3) is 0 Å². The van der Waals surface area contributed by atoms with Crippen molar-refractivity contribution in [3.05, 3.63) is 35.9 Å². The second kappa shape index (κ2) is 6.51. The van der Waals surface area contributed by atoms with Gasteiger partial charge in [-0.1, -0.05) is 37.3 Å². The van der Waals surface area contributed by atoms with Crippen molar-refractivity contribution in [2.24, 2.45) is 5.73 Å². The zero-order valence-corrected chi connectivity index (χ0v) is 12.7. The third kappa shape index (κ3) is 4.03. The summed E-state index contributed by atoms with van der Waals surface area (Å²) in [7, 11) is 2.10. The Hall–Kier alpha value is -0.900. The fourth-order valence-corrected chi connectivity index (χ4v) is 2.04. The maximum atomic E-state index is 10.7. The van der Waals surface area contributed by atoms with E-state index in [0.717, 1.165) is 18.5 Å². The van der Waals surface area contributed by atoms with Gasteiger partial charge in [-0.3, -0.25) is 0 Å². The lowest BCUT2D eigenvalue weighted by molar-refractivity contribution is 0.0168. The maximum Gasteiger partial charge on any atom is 0.103 e. The van der Waals surface area contributed by atoms with E-state index in [-0.39, 0.29) is 12.1 Å². The Kier molecular flexibility index (Phi) is 5.53. The van der Waals surface area contributed by atoms with Gasteiger partial charge in [0.05, 0.1) is 0 Å². The molecule has 0 saturated heterocycles. The first kappa shape index (κ1) is 16.2. The van der Waals surface area contributed by atoms with Crippen LogP contribution in [0.2, 0.25) is 0 Å². The normalized spacial score (nSPS) is 15.5. The molecule has 0 aliphatic rings. The Balaban J connectivity index is 2.73. The third-order valence-electron chi connectivity index (χ3n) is 4.41. The highest BCUT2D eigenvalue weighted by Crippen LogP contribution is 2.26. The summed E-state index contributed by atoms with van der Waals surface area (Å²) in [4.78, 5) is 2.29. The van der Waals surface area contributed by atoms with Gasteiger partial charge in [-0.15, -0.1) is 0 Å². The van der Waals surface area contributed by atoms with Gasteiger partial charge in [-0.05, 0) is 39.3 Å². The summed E-state index contributed by atoms with van der Waals surface area (Å²) >= 11 is 0. The van der Waals surface area contributed by atoms with Crippen molar-refractivity contribution in [3.8, 4) is 0 Å². The predicted molar refractivity (Wildman–Crippen MR) is 81.0 cm³/mol. The molecule has 3 N–H and O–H groups in total. The summed E-state index contributed by atoms with van der Waals surface area (Å²) in [6, 6.07) is 9.72. The van der Waals surface area contributed by atoms with E-state index < -0.39 is 5.60 Å². The first-order valence-electron chi connectivity index (χ1n) is 7.05. The Morgan fingerprint density at radius 2 is 1.79 bits per heavy atom. The zero-order valence-electron chi connectivity index (χ0n) is 12.7. The van der Waals surface area contributed by atoms with Crippen LogP contribution >= 0.6 is 0 Å². The van der Waals surface area contributed by atoms with Crippen LogP contribution in [0, 0.1) is 0 Å². The molecule has 0 spiro atoms. The molecule has 1 unspecified atom stereocenters. The summed E-state index contributed by atoms with van der Waals surface area (Å²) in [5.41, 5.74) is 5.92. The quantitative estimate of drug-likeness (QED) is 0.795. The molecule has 1 aromatic carbocycles. The Labute approximate surface area is 117 Å². The van der Waals surface area contributed by atoms with Gasteiger partial charge in [-0.2, -0.15) is 0 Å². The molecular formula is C16H28N2O. The van der Waals surface area contributed by atoms with Gasteiger partial charge in [0.1, 0.15) is 5.60 Å².